The zero-order valence-electron chi connectivity index (χ0n) is 12.3. The molecule has 0 spiro atoms. The number of amides is 1. The molecule has 0 aliphatic carbocycles. The molecule has 2 aromatic heterocycles. The van der Waals surface area contributed by atoms with E-state index >= 15 is 0 Å². The van der Waals surface area contributed by atoms with Gasteiger partial charge in [0.25, 0.3) is 11.5 Å². The molecule has 0 aromatic carbocycles. The van der Waals surface area contributed by atoms with E-state index in [-0.39, 0.29) is 17.0 Å². The Morgan fingerprint density at radius 1 is 1.13 bits per heavy atom. The molecule has 0 saturated carbocycles. The molecule has 4 heterocycles. The predicted octanol–water partition coefficient (Wildman–Crippen LogP) is 0.768. The Morgan fingerprint density at radius 3 is 2.70 bits per heavy atom. The van der Waals surface area contributed by atoms with Gasteiger partial charge in [0.1, 0.15) is 5.56 Å². The number of hydrogen-bond donors (Lipinski definition) is 0. The van der Waals surface area contributed by atoms with Crippen molar-refractivity contribution in [2.45, 2.75) is 11.7 Å². The van der Waals surface area contributed by atoms with Crippen LogP contribution in [-0.4, -0.2) is 57.3 Å². The summed E-state index contributed by atoms with van der Waals surface area (Å²) in [6.07, 6.45) is 3.22. The number of carbonyl (C=O) groups is 1. The van der Waals surface area contributed by atoms with Crippen LogP contribution in [0.3, 0.4) is 0 Å². The lowest BCUT2D eigenvalue weighted by molar-refractivity contribution is 0.0743. The average Bonchev–Trinajstić information content (AvgIpc) is 3.27. The van der Waals surface area contributed by atoms with Gasteiger partial charge in [0.2, 0.25) is 0 Å². The molecule has 0 bridgehead atoms. The van der Waals surface area contributed by atoms with E-state index in [0.29, 0.717) is 24.8 Å². The SMILES string of the molecule is O=C(c1cnc2n(c1=O)CCS2)N1CCN(c2nccs2)CC1. The second-order valence-corrected chi connectivity index (χ2v) is 7.29. The van der Waals surface area contributed by atoms with Crippen molar-refractivity contribution < 1.29 is 4.79 Å². The molecule has 0 radical (unpaired) electrons. The highest BCUT2D eigenvalue weighted by Crippen LogP contribution is 2.22. The summed E-state index contributed by atoms with van der Waals surface area (Å²) in [5.41, 5.74) is -0.0358. The normalized spacial score (nSPS) is 17.4. The fraction of sp³-hybridized carbons (Fsp3) is 0.429. The van der Waals surface area contributed by atoms with Crippen LogP contribution in [0.4, 0.5) is 5.13 Å². The Balaban J connectivity index is 1.50. The molecule has 0 unspecified atom stereocenters. The molecule has 120 valence electrons. The fourth-order valence-electron chi connectivity index (χ4n) is 2.81. The number of thioether (sulfide) groups is 1. The molecule has 1 fully saturated rings. The minimum absolute atomic E-state index is 0.180. The molecular weight excluding hydrogens is 334 g/mol. The maximum absolute atomic E-state index is 12.6. The van der Waals surface area contributed by atoms with Crippen LogP contribution in [0.5, 0.6) is 0 Å². The van der Waals surface area contributed by atoms with E-state index in [1.807, 2.05) is 5.38 Å². The standard InChI is InChI=1S/C14H15N5O2S2/c20-11(10-9-16-14-19(12(10)21)6-8-23-14)17-2-4-18(5-3-17)13-15-1-7-22-13/h1,7,9H,2-6,8H2. The predicted molar refractivity (Wildman–Crippen MR) is 89.5 cm³/mol. The van der Waals surface area contributed by atoms with E-state index in [2.05, 4.69) is 14.9 Å². The largest absolute Gasteiger partial charge is 0.345 e. The van der Waals surface area contributed by atoms with E-state index in [1.165, 1.54) is 6.20 Å². The number of rotatable bonds is 2. The first-order valence-electron chi connectivity index (χ1n) is 7.40. The van der Waals surface area contributed by atoms with E-state index in [0.717, 1.165) is 24.0 Å². The molecule has 9 heteroatoms. The summed E-state index contributed by atoms with van der Waals surface area (Å²) in [5, 5.41) is 3.63. The highest BCUT2D eigenvalue weighted by Gasteiger charge is 2.27. The Kier molecular flexibility index (Phi) is 3.82. The van der Waals surface area contributed by atoms with Crippen LogP contribution in [0.1, 0.15) is 10.4 Å². The summed E-state index contributed by atoms with van der Waals surface area (Å²) in [5.74, 6) is 0.625. The van der Waals surface area contributed by atoms with Crippen molar-refractivity contribution in [3.63, 3.8) is 0 Å². The topological polar surface area (TPSA) is 71.3 Å². The number of hydrogen-bond acceptors (Lipinski definition) is 7. The van der Waals surface area contributed by atoms with E-state index in [9.17, 15) is 9.59 Å². The van der Waals surface area contributed by atoms with Crippen LogP contribution >= 0.6 is 23.1 Å². The Hall–Kier alpha value is -1.87. The lowest BCUT2D eigenvalue weighted by Gasteiger charge is -2.34. The van der Waals surface area contributed by atoms with Gasteiger partial charge in [-0.2, -0.15) is 0 Å². The van der Waals surface area contributed by atoms with Gasteiger partial charge < -0.3 is 9.80 Å². The minimum atomic E-state index is -0.215. The molecule has 1 amide bonds. The Morgan fingerprint density at radius 2 is 1.96 bits per heavy atom. The van der Waals surface area contributed by atoms with Crippen molar-refractivity contribution >= 4 is 34.1 Å². The maximum Gasteiger partial charge on any atom is 0.267 e. The van der Waals surface area contributed by atoms with E-state index < -0.39 is 0 Å². The first kappa shape index (κ1) is 14.7. The monoisotopic (exact) mass is 349 g/mol. The van der Waals surface area contributed by atoms with Crippen LogP contribution < -0.4 is 10.5 Å². The summed E-state index contributed by atoms with van der Waals surface area (Å²) in [6.45, 7) is 3.27. The van der Waals surface area contributed by atoms with Crippen molar-refractivity contribution in [3.05, 3.63) is 33.7 Å². The van der Waals surface area contributed by atoms with Gasteiger partial charge >= 0.3 is 0 Å². The van der Waals surface area contributed by atoms with E-state index in [4.69, 9.17) is 0 Å². The van der Waals surface area contributed by atoms with Gasteiger partial charge in [0.05, 0.1) is 0 Å². The fourth-order valence-corrected chi connectivity index (χ4v) is 4.42. The first-order valence-corrected chi connectivity index (χ1v) is 9.27. The van der Waals surface area contributed by atoms with Gasteiger partial charge in [0, 0.05) is 56.3 Å². The number of thiazole rings is 1. The molecule has 0 N–H and O–H groups in total. The van der Waals surface area contributed by atoms with Gasteiger partial charge in [-0.05, 0) is 0 Å². The maximum atomic E-state index is 12.6. The van der Waals surface area contributed by atoms with Crippen LogP contribution in [0.15, 0.2) is 27.7 Å². The molecule has 2 aliphatic rings. The minimum Gasteiger partial charge on any atom is -0.345 e. The van der Waals surface area contributed by atoms with Crippen molar-refractivity contribution in [1.29, 1.82) is 0 Å². The third-order valence-electron chi connectivity index (χ3n) is 4.04. The van der Waals surface area contributed by atoms with Crippen molar-refractivity contribution in [3.8, 4) is 0 Å². The Labute approximate surface area is 141 Å². The second-order valence-electron chi connectivity index (χ2n) is 5.35. The third-order valence-corrected chi connectivity index (χ3v) is 5.85. The summed E-state index contributed by atoms with van der Waals surface area (Å²) in [7, 11) is 0. The second kappa shape index (κ2) is 5.97. The smallest absolute Gasteiger partial charge is 0.267 e. The molecule has 0 atom stereocenters. The molecule has 2 aliphatic heterocycles. The summed E-state index contributed by atoms with van der Waals surface area (Å²) in [4.78, 5) is 37.5. The highest BCUT2D eigenvalue weighted by molar-refractivity contribution is 7.99. The number of anilines is 1. The first-order chi connectivity index (χ1) is 11.2. The van der Waals surface area contributed by atoms with Crippen LogP contribution in [0.25, 0.3) is 0 Å². The summed E-state index contributed by atoms with van der Waals surface area (Å²) >= 11 is 3.15. The van der Waals surface area contributed by atoms with Gasteiger partial charge in [-0.1, -0.05) is 11.8 Å². The van der Waals surface area contributed by atoms with Crippen LogP contribution in [0, 0.1) is 0 Å². The number of piperazine rings is 1. The zero-order valence-corrected chi connectivity index (χ0v) is 14.0. The lowest BCUT2D eigenvalue weighted by atomic mass is 10.2. The molecule has 4 rings (SSSR count). The van der Waals surface area contributed by atoms with Crippen LogP contribution in [0.2, 0.25) is 0 Å². The van der Waals surface area contributed by atoms with Gasteiger partial charge in [-0.15, -0.1) is 11.3 Å². The third kappa shape index (κ3) is 2.63. The number of nitrogens with zero attached hydrogens (tertiary/aromatic N) is 5. The molecule has 2 aromatic rings. The van der Waals surface area contributed by atoms with E-state index in [1.54, 1.807) is 38.8 Å². The van der Waals surface area contributed by atoms with Crippen molar-refractivity contribution in [1.82, 2.24) is 19.4 Å². The number of carbonyl (C=O) groups excluding carboxylic acids is 1. The van der Waals surface area contributed by atoms with Crippen molar-refractivity contribution in [2.75, 3.05) is 36.8 Å². The van der Waals surface area contributed by atoms with Crippen LogP contribution in [-0.2, 0) is 6.54 Å². The molecule has 1 saturated heterocycles. The van der Waals surface area contributed by atoms with Crippen molar-refractivity contribution in [2.24, 2.45) is 0 Å². The summed E-state index contributed by atoms with van der Waals surface area (Å²) < 4.78 is 1.60. The van der Waals surface area contributed by atoms with Gasteiger partial charge in [-0.25, -0.2) is 9.97 Å². The van der Waals surface area contributed by atoms with Gasteiger partial charge in [-0.3, -0.25) is 14.2 Å². The lowest BCUT2D eigenvalue weighted by Crippen LogP contribution is -2.50. The zero-order chi connectivity index (χ0) is 15.8. The number of fused-ring (bicyclic) bond motifs is 1. The van der Waals surface area contributed by atoms with Gasteiger partial charge in [0.15, 0.2) is 10.3 Å². The quantitative estimate of drug-likeness (QED) is 0.746. The average molecular weight is 349 g/mol. The number of aromatic nitrogens is 3. The molecule has 23 heavy (non-hydrogen) atoms. The summed E-state index contributed by atoms with van der Waals surface area (Å²) in [6, 6.07) is 0. The molecule has 7 nitrogen and oxygen atoms in total. The highest BCUT2D eigenvalue weighted by atomic mass is 32.2. The molecular formula is C14H15N5O2S2. The Bertz CT molecular complexity index is 781.